The van der Waals surface area contributed by atoms with Gasteiger partial charge in [0.05, 0.1) is 6.61 Å². The van der Waals surface area contributed by atoms with Crippen LogP contribution in [0, 0.1) is 5.92 Å². The van der Waals surface area contributed by atoms with Crippen molar-refractivity contribution >= 4 is 23.3 Å². The highest BCUT2D eigenvalue weighted by atomic mass is 35.5. The fourth-order valence-corrected chi connectivity index (χ4v) is 1.83. The van der Waals surface area contributed by atoms with Crippen LogP contribution < -0.4 is 5.32 Å². The molecule has 1 aromatic rings. The molecule has 0 fully saturated rings. The van der Waals surface area contributed by atoms with Gasteiger partial charge in [0.2, 0.25) is 0 Å². The average Bonchev–Trinajstić information content (AvgIpc) is 2.34. The van der Waals surface area contributed by atoms with E-state index in [4.69, 9.17) is 16.3 Å². The van der Waals surface area contributed by atoms with Crippen molar-refractivity contribution < 1.29 is 9.53 Å². The zero-order chi connectivity index (χ0) is 13.4. The van der Waals surface area contributed by atoms with Crippen LogP contribution in [-0.2, 0) is 9.53 Å². The van der Waals surface area contributed by atoms with E-state index in [1.165, 1.54) is 0 Å². The molecule has 0 saturated carbocycles. The molecule has 0 aliphatic carbocycles. The molecule has 0 amide bonds. The first-order chi connectivity index (χ1) is 8.61. The van der Waals surface area contributed by atoms with Crippen LogP contribution in [-0.4, -0.2) is 19.1 Å². The first kappa shape index (κ1) is 14.8. The van der Waals surface area contributed by atoms with Gasteiger partial charge in [-0.05, 0) is 30.5 Å². The van der Waals surface area contributed by atoms with Gasteiger partial charge in [0.1, 0.15) is 6.54 Å². The first-order valence-corrected chi connectivity index (χ1v) is 6.64. The first-order valence-electron chi connectivity index (χ1n) is 6.27. The van der Waals surface area contributed by atoms with Crippen LogP contribution in [0.5, 0.6) is 0 Å². The molecule has 0 bridgehead atoms. The van der Waals surface area contributed by atoms with E-state index in [-0.39, 0.29) is 12.5 Å². The van der Waals surface area contributed by atoms with Crippen molar-refractivity contribution in [1.82, 2.24) is 0 Å². The normalized spacial score (nSPS) is 11.9. The van der Waals surface area contributed by atoms with Crippen LogP contribution in [0.1, 0.15) is 26.7 Å². The number of carbonyl (C=O) groups excluding carboxylic acids is 1. The quantitative estimate of drug-likeness (QED) is 0.767. The summed E-state index contributed by atoms with van der Waals surface area (Å²) in [6.45, 7) is 4.86. The zero-order valence-electron chi connectivity index (χ0n) is 10.9. The summed E-state index contributed by atoms with van der Waals surface area (Å²) in [6.07, 6.45) is 2.19. The SMILES string of the molecule is CCCC(C)COC(=O)CNc1cccc(Cl)c1. The number of carbonyl (C=O) groups is 1. The Balaban J connectivity index is 2.25. The van der Waals surface area contributed by atoms with Gasteiger partial charge >= 0.3 is 5.97 Å². The van der Waals surface area contributed by atoms with Crippen molar-refractivity contribution in [1.29, 1.82) is 0 Å². The van der Waals surface area contributed by atoms with E-state index in [2.05, 4.69) is 19.2 Å². The van der Waals surface area contributed by atoms with Crippen molar-refractivity contribution in [2.45, 2.75) is 26.7 Å². The molecule has 18 heavy (non-hydrogen) atoms. The molecular formula is C14H20ClNO2. The summed E-state index contributed by atoms with van der Waals surface area (Å²) in [4.78, 5) is 11.5. The molecule has 0 radical (unpaired) electrons. The van der Waals surface area contributed by atoms with Crippen molar-refractivity contribution in [2.24, 2.45) is 5.92 Å². The highest BCUT2D eigenvalue weighted by Crippen LogP contribution is 2.14. The van der Waals surface area contributed by atoms with Crippen LogP contribution >= 0.6 is 11.6 Å². The molecule has 100 valence electrons. The Labute approximate surface area is 113 Å². The molecule has 1 rings (SSSR count). The Morgan fingerprint density at radius 2 is 2.28 bits per heavy atom. The number of rotatable bonds is 7. The Morgan fingerprint density at radius 1 is 1.50 bits per heavy atom. The predicted octanol–water partition coefficient (Wildman–Crippen LogP) is 3.73. The van der Waals surface area contributed by atoms with E-state index >= 15 is 0 Å². The van der Waals surface area contributed by atoms with Crippen LogP contribution in [0.2, 0.25) is 5.02 Å². The third-order valence-electron chi connectivity index (χ3n) is 2.57. The fourth-order valence-electron chi connectivity index (χ4n) is 1.64. The molecular weight excluding hydrogens is 250 g/mol. The maximum Gasteiger partial charge on any atom is 0.325 e. The lowest BCUT2D eigenvalue weighted by molar-refractivity contribution is -0.142. The molecule has 1 N–H and O–H groups in total. The molecule has 0 aliphatic rings. The van der Waals surface area contributed by atoms with E-state index in [0.717, 1.165) is 18.5 Å². The highest BCUT2D eigenvalue weighted by molar-refractivity contribution is 6.30. The molecule has 0 saturated heterocycles. The minimum Gasteiger partial charge on any atom is -0.464 e. The smallest absolute Gasteiger partial charge is 0.325 e. The second kappa shape index (κ2) is 7.98. The molecule has 1 unspecified atom stereocenters. The predicted molar refractivity (Wildman–Crippen MR) is 75.0 cm³/mol. The largest absolute Gasteiger partial charge is 0.464 e. The zero-order valence-corrected chi connectivity index (χ0v) is 11.7. The summed E-state index contributed by atoms with van der Waals surface area (Å²) < 4.78 is 5.17. The Bertz CT molecular complexity index is 382. The minimum absolute atomic E-state index is 0.166. The second-order valence-electron chi connectivity index (χ2n) is 4.44. The Morgan fingerprint density at radius 3 is 2.94 bits per heavy atom. The van der Waals surface area contributed by atoms with Crippen molar-refractivity contribution in [2.75, 3.05) is 18.5 Å². The lowest BCUT2D eigenvalue weighted by Crippen LogP contribution is -2.19. The summed E-state index contributed by atoms with van der Waals surface area (Å²) in [5.74, 6) is 0.183. The topological polar surface area (TPSA) is 38.3 Å². The van der Waals surface area contributed by atoms with Gasteiger partial charge in [-0.25, -0.2) is 0 Å². The second-order valence-corrected chi connectivity index (χ2v) is 4.88. The molecule has 1 atom stereocenters. The monoisotopic (exact) mass is 269 g/mol. The number of benzene rings is 1. The molecule has 0 aromatic heterocycles. The number of ether oxygens (including phenoxy) is 1. The summed E-state index contributed by atoms with van der Waals surface area (Å²) in [6, 6.07) is 7.25. The summed E-state index contributed by atoms with van der Waals surface area (Å²) in [7, 11) is 0. The van der Waals surface area contributed by atoms with Gasteiger partial charge < -0.3 is 10.1 Å². The van der Waals surface area contributed by atoms with Crippen molar-refractivity contribution in [3.05, 3.63) is 29.3 Å². The van der Waals surface area contributed by atoms with E-state index in [1.54, 1.807) is 12.1 Å². The molecule has 0 heterocycles. The molecule has 4 heteroatoms. The van der Waals surface area contributed by atoms with Crippen LogP contribution in [0.25, 0.3) is 0 Å². The van der Waals surface area contributed by atoms with Gasteiger partial charge in [-0.15, -0.1) is 0 Å². The van der Waals surface area contributed by atoms with Gasteiger partial charge in [-0.2, -0.15) is 0 Å². The summed E-state index contributed by atoms with van der Waals surface area (Å²) in [5.41, 5.74) is 0.820. The molecule has 1 aromatic carbocycles. The number of nitrogens with one attached hydrogen (secondary N) is 1. The summed E-state index contributed by atoms with van der Waals surface area (Å²) >= 11 is 5.84. The van der Waals surface area contributed by atoms with Crippen LogP contribution in [0.15, 0.2) is 24.3 Å². The Kier molecular flexibility index (Phi) is 6.58. The average molecular weight is 270 g/mol. The standard InChI is InChI=1S/C14H20ClNO2/c1-3-5-11(2)10-18-14(17)9-16-13-7-4-6-12(15)8-13/h4,6-8,11,16H,3,5,9-10H2,1-2H3. The van der Waals surface area contributed by atoms with E-state index < -0.39 is 0 Å². The van der Waals surface area contributed by atoms with E-state index in [0.29, 0.717) is 17.5 Å². The van der Waals surface area contributed by atoms with E-state index in [1.807, 2.05) is 12.1 Å². The Hall–Kier alpha value is -1.22. The number of halogens is 1. The number of hydrogen-bond donors (Lipinski definition) is 1. The minimum atomic E-state index is -0.238. The number of hydrogen-bond acceptors (Lipinski definition) is 3. The third kappa shape index (κ3) is 5.92. The van der Waals surface area contributed by atoms with Crippen molar-refractivity contribution in [3.63, 3.8) is 0 Å². The van der Waals surface area contributed by atoms with Gasteiger partial charge in [-0.3, -0.25) is 4.79 Å². The van der Waals surface area contributed by atoms with Crippen molar-refractivity contribution in [3.8, 4) is 0 Å². The number of esters is 1. The molecule has 0 aliphatic heterocycles. The van der Waals surface area contributed by atoms with Gasteiger partial charge in [-0.1, -0.05) is 37.9 Å². The maximum atomic E-state index is 11.5. The molecule has 3 nitrogen and oxygen atoms in total. The number of anilines is 1. The third-order valence-corrected chi connectivity index (χ3v) is 2.81. The van der Waals surface area contributed by atoms with Gasteiger partial charge in [0, 0.05) is 10.7 Å². The van der Waals surface area contributed by atoms with Crippen LogP contribution in [0.3, 0.4) is 0 Å². The van der Waals surface area contributed by atoms with Crippen LogP contribution in [0.4, 0.5) is 5.69 Å². The van der Waals surface area contributed by atoms with Gasteiger partial charge in [0.25, 0.3) is 0 Å². The lowest BCUT2D eigenvalue weighted by Gasteiger charge is -2.11. The maximum absolute atomic E-state index is 11.5. The van der Waals surface area contributed by atoms with Gasteiger partial charge in [0.15, 0.2) is 0 Å². The summed E-state index contributed by atoms with van der Waals surface area (Å²) in [5, 5.41) is 3.63. The fraction of sp³-hybridized carbons (Fsp3) is 0.500. The lowest BCUT2D eigenvalue weighted by atomic mass is 10.1. The van der Waals surface area contributed by atoms with E-state index in [9.17, 15) is 4.79 Å². The highest BCUT2D eigenvalue weighted by Gasteiger charge is 2.06. The molecule has 0 spiro atoms.